The third kappa shape index (κ3) is 5.80. The number of thiocarbonyl (C=S) groups is 1. The number of hydrogen-bond acceptors (Lipinski definition) is 5. The number of rotatable bonds is 9. The van der Waals surface area contributed by atoms with Gasteiger partial charge in [-0.15, -0.1) is 0 Å². The fourth-order valence-electron chi connectivity index (χ4n) is 4.42. The van der Waals surface area contributed by atoms with E-state index in [0.717, 1.165) is 42.4 Å². The summed E-state index contributed by atoms with van der Waals surface area (Å²) in [5.74, 6) is 2.82. The first kappa shape index (κ1) is 24.7. The number of ether oxygens (including phenoxy) is 4. The van der Waals surface area contributed by atoms with Crippen molar-refractivity contribution in [2.75, 3.05) is 41.0 Å². The molecule has 0 unspecified atom stereocenters. The predicted molar refractivity (Wildman–Crippen MR) is 142 cm³/mol. The number of nitrogens with zero attached hydrogens (tertiary/aromatic N) is 1. The SMILES string of the molecule is COc1cc2c(cc1OC)[C@H](COc1ccccc1OC)N(C(=S)NCCc1ccccc1)CC2. The fraction of sp³-hybridized carbons (Fsp3) is 0.321. The van der Waals surface area contributed by atoms with Gasteiger partial charge in [-0.25, -0.2) is 0 Å². The van der Waals surface area contributed by atoms with Gasteiger partial charge in [-0.1, -0.05) is 42.5 Å². The van der Waals surface area contributed by atoms with Crippen LogP contribution < -0.4 is 24.3 Å². The van der Waals surface area contributed by atoms with E-state index in [1.165, 1.54) is 11.1 Å². The second kappa shape index (κ2) is 11.8. The van der Waals surface area contributed by atoms with Gasteiger partial charge in [0.15, 0.2) is 28.1 Å². The molecule has 1 heterocycles. The minimum absolute atomic E-state index is 0.0970. The molecule has 7 heteroatoms. The molecule has 0 spiro atoms. The van der Waals surface area contributed by atoms with Gasteiger partial charge in [0.25, 0.3) is 0 Å². The summed E-state index contributed by atoms with van der Waals surface area (Å²) in [6, 6.07) is 22.1. The van der Waals surface area contributed by atoms with Gasteiger partial charge in [-0.05, 0) is 66.0 Å². The van der Waals surface area contributed by atoms with E-state index in [2.05, 4.69) is 40.5 Å². The van der Waals surface area contributed by atoms with E-state index in [-0.39, 0.29) is 6.04 Å². The third-order valence-corrected chi connectivity index (χ3v) is 6.64. The minimum Gasteiger partial charge on any atom is -0.493 e. The maximum Gasteiger partial charge on any atom is 0.169 e. The van der Waals surface area contributed by atoms with Crippen LogP contribution in [0.25, 0.3) is 0 Å². The minimum atomic E-state index is -0.0970. The molecule has 0 bridgehead atoms. The number of hydrogen-bond donors (Lipinski definition) is 1. The highest BCUT2D eigenvalue weighted by atomic mass is 32.1. The molecule has 184 valence electrons. The van der Waals surface area contributed by atoms with Crippen molar-refractivity contribution in [1.29, 1.82) is 0 Å². The molecular weight excluding hydrogens is 460 g/mol. The lowest BCUT2D eigenvalue weighted by molar-refractivity contribution is 0.182. The normalized spacial score (nSPS) is 14.6. The molecule has 0 fully saturated rings. The Morgan fingerprint density at radius 2 is 1.54 bits per heavy atom. The molecule has 0 amide bonds. The van der Waals surface area contributed by atoms with Gasteiger partial charge in [0.1, 0.15) is 6.61 Å². The summed E-state index contributed by atoms with van der Waals surface area (Å²) < 4.78 is 22.9. The van der Waals surface area contributed by atoms with Gasteiger partial charge in [0, 0.05) is 13.1 Å². The van der Waals surface area contributed by atoms with Crippen LogP contribution in [0.2, 0.25) is 0 Å². The zero-order chi connectivity index (χ0) is 24.6. The van der Waals surface area contributed by atoms with Crippen molar-refractivity contribution in [2.24, 2.45) is 0 Å². The van der Waals surface area contributed by atoms with Crippen LogP contribution in [0.5, 0.6) is 23.0 Å². The Hall–Kier alpha value is -3.45. The summed E-state index contributed by atoms with van der Waals surface area (Å²) in [7, 11) is 4.96. The molecule has 1 aliphatic heterocycles. The molecule has 35 heavy (non-hydrogen) atoms. The van der Waals surface area contributed by atoms with Gasteiger partial charge in [-0.3, -0.25) is 0 Å². The lowest BCUT2D eigenvalue weighted by Gasteiger charge is -2.39. The maximum atomic E-state index is 6.28. The van der Waals surface area contributed by atoms with Crippen molar-refractivity contribution >= 4 is 17.3 Å². The lowest BCUT2D eigenvalue weighted by atomic mass is 9.92. The first-order chi connectivity index (χ1) is 17.1. The van der Waals surface area contributed by atoms with Crippen LogP contribution in [0, 0.1) is 0 Å². The molecule has 0 saturated heterocycles. The molecule has 3 aromatic rings. The van der Waals surface area contributed by atoms with Crippen molar-refractivity contribution in [1.82, 2.24) is 10.2 Å². The first-order valence-corrected chi connectivity index (χ1v) is 12.1. The standard InChI is InChI=1S/C28H32N2O4S/c1-31-24-11-7-8-12-25(24)34-19-23-22-18-27(33-3)26(32-2)17-21(22)14-16-30(23)28(35)29-15-13-20-9-5-4-6-10-20/h4-12,17-18,23H,13-16,19H2,1-3H3,(H,29,35)/t23-/m0/s1. The van der Waals surface area contributed by atoms with E-state index in [9.17, 15) is 0 Å². The third-order valence-electron chi connectivity index (χ3n) is 6.26. The van der Waals surface area contributed by atoms with Gasteiger partial charge in [0.05, 0.1) is 27.4 Å². The molecule has 3 aromatic carbocycles. The van der Waals surface area contributed by atoms with Crippen molar-refractivity contribution in [3.63, 3.8) is 0 Å². The van der Waals surface area contributed by atoms with Crippen LogP contribution in [0.4, 0.5) is 0 Å². The lowest BCUT2D eigenvalue weighted by Crippen LogP contribution is -2.47. The monoisotopic (exact) mass is 492 g/mol. The smallest absolute Gasteiger partial charge is 0.169 e. The Morgan fingerprint density at radius 1 is 0.886 bits per heavy atom. The summed E-state index contributed by atoms with van der Waals surface area (Å²) in [6.45, 7) is 1.95. The van der Waals surface area contributed by atoms with E-state index in [1.54, 1.807) is 21.3 Å². The molecule has 1 atom stereocenters. The Labute approximate surface area is 212 Å². The van der Waals surface area contributed by atoms with Crippen LogP contribution in [0.1, 0.15) is 22.7 Å². The van der Waals surface area contributed by atoms with Gasteiger partial charge < -0.3 is 29.2 Å². The molecule has 1 N–H and O–H groups in total. The first-order valence-electron chi connectivity index (χ1n) is 11.7. The molecule has 0 radical (unpaired) electrons. The van der Waals surface area contributed by atoms with Crippen LogP contribution >= 0.6 is 12.2 Å². The van der Waals surface area contributed by atoms with E-state index in [1.807, 2.05) is 36.4 Å². The molecule has 0 aromatic heterocycles. The Balaban J connectivity index is 1.56. The summed E-state index contributed by atoms with van der Waals surface area (Å²) in [5, 5.41) is 4.17. The number of para-hydroxylation sites is 2. The van der Waals surface area contributed by atoms with E-state index >= 15 is 0 Å². The van der Waals surface area contributed by atoms with Gasteiger partial charge in [0.2, 0.25) is 0 Å². The fourth-order valence-corrected chi connectivity index (χ4v) is 4.74. The maximum absolute atomic E-state index is 6.28. The quantitative estimate of drug-likeness (QED) is 0.430. The average molecular weight is 493 g/mol. The Morgan fingerprint density at radius 3 is 2.26 bits per heavy atom. The average Bonchev–Trinajstić information content (AvgIpc) is 2.91. The number of methoxy groups -OCH3 is 3. The van der Waals surface area contributed by atoms with Crippen molar-refractivity contribution in [3.05, 3.63) is 83.4 Å². The summed E-state index contributed by atoms with van der Waals surface area (Å²) in [4.78, 5) is 2.21. The summed E-state index contributed by atoms with van der Waals surface area (Å²) >= 11 is 5.86. The van der Waals surface area contributed by atoms with Crippen molar-refractivity contribution in [2.45, 2.75) is 18.9 Å². The molecule has 1 aliphatic rings. The van der Waals surface area contributed by atoms with Crippen LogP contribution in [-0.2, 0) is 12.8 Å². The highest BCUT2D eigenvalue weighted by Crippen LogP contribution is 2.39. The topological polar surface area (TPSA) is 52.2 Å². The number of nitrogens with one attached hydrogen (secondary N) is 1. The summed E-state index contributed by atoms with van der Waals surface area (Å²) in [5.41, 5.74) is 3.61. The van der Waals surface area contributed by atoms with Crippen LogP contribution in [0.3, 0.4) is 0 Å². The largest absolute Gasteiger partial charge is 0.493 e. The van der Waals surface area contributed by atoms with Gasteiger partial charge in [-0.2, -0.15) is 0 Å². The zero-order valence-corrected chi connectivity index (χ0v) is 21.3. The molecule has 6 nitrogen and oxygen atoms in total. The predicted octanol–water partition coefficient (Wildman–Crippen LogP) is 4.81. The van der Waals surface area contributed by atoms with Crippen molar-refractivity contribution < 1.29 is 18.9 Å². The Kier molecular flexibility index (Phi) is 8.32. The van der Waals surface area contributed by atoms with Crippen LogP contribution in [-0.4, -0.2) is 51.0 Å². The molecule has 4 rings (SSSR count). The molecule has 0 saturated carbocycles. The summed E-state index contributed by atoms with van der Waals surface area (Å²) in [6.07, 6.45) is 1.75. The van der Waals surface area contributed by atoms with Crippen molar-refractivity contribution in [3.8, 4) is 23.0 Å². The highest BCUT2D eigenvalue weighted by Gasteiger charge is 2.31. The highest BCUT2D eigenvalue weighted by molar-refractivity contribution is 7.80. The molecular formula is C28H32N2O4S. The second-order valence-corrected chi connectivity index (χ2v) is 8.68. The second-order valence-electron chi connectivity index (χ2n) is 8.29. The van der Waals surface area contributed by atoms with Gasteiger partial charge >= 0.3 is 0 Å². The number of fused-ring (bicyclic) bond motifs is 1. The van der Waals surface area contributed by atoms with Crippen LogP contribution in [0.15, 0.2) is 66.7 Å². The zero-order valence-electron chi connectivity index (χ0n) is 20.5. The Bertz CT molecular complexity index is 1140. The molecule has 0 aliphatic carbocycles. The van der Waals surface area contributed by atoms with E-state index in [4.69, 9.17) is 31.2 Å². The van der Waals surface area contributed by atoms with E-state index in [0.29, 0.717) is 23.9 Å². The number of benzene rings is 3. The van der Waals surface area contributed by atoms with E-state index < -0.39 is 0 Å².